The third-order valence-corrected chi connectivity index (χ3v) is 10.4. The number of anilines is 4. The van der Waals surface area contributed by atoms with Gasteiger partial charge in [-0.1, -0.05) is 149 Å². The first-order valence-corrected chi connectivity index (χ1v) is 17.9. The van der Waals surface area contributed by atoms with Gasteiger partial charge in [0.2, 0.25) is 0 Å². The van der Waals surface area contributed by atoms with E-state index in [1.54, 1.807) is 0 Å². The first-order chi connectivity index (χ1) is 24.9. The third-order valence-electron chi connectivity index (χ3n) is 10.4. The van der Waals surface area contributed by atoms with E-state index in [4.69, 9.17) is 0 Å². The van der Waals surface area contributed by atoms with Crippen molar-refractivity contribution < 1.29 is 0 Å². The van der Waals surface area contributed by atoms with E-state index in [2.05, 4.69) is 214 Å². The summed E-state index contributed by atoms with van der Waals surface area (Å²) in [5.41, 5.74) is 13.7. The second kappa shape index (κ2) is 14.5. The molecule has 2 atom stereocenters. The van der Waals surface area contributed by atoms with E-state index in [1.807, 2.05) is 12.2 Å². The van der Waals surface area contributed by atoms with Crippen LogP contribution < -0.4 is 9.80 Å². The fourth-order valence-corrected chi connectivity index (χ4v) is 8.05. The highest BCUT2D eigenvalue weighted by atomic mass is 15.2. The van der Waals surface area contributed by atoms with Gasteiger partial charge in [-0.2, -0.15) is 0 Å². The minimum absolute atomic E-state index is 0.0351. The molecule has 2 unspecified atom stereocenters. The predicted octanol–water partition coefficient (Wildman–Crippen LogP) is 13.3. The van der Waals surface area contributed by atoms with Crippen LogP contribution in [0.25, 0.3) is 17.7 Å². The van der Waals surface area contributed by atoms with E-state index in [1.165, 1.54) is 44.9 Å². The molecule has 0 radical (unpaired) electrons. The molecule has 0 amide bonds. The summed E-state index contributed by atoms with van der Waals surface area (Å²) in [6, 6.07) is 47.7. The molecule has 2 heteroatoms. The van der Waals surface area contributed by atoms with Crippen molar-refractivity contribution in [2.24, 2.45) is 11.8 Å². The first-order valence-electron chi connectivity index (χ1n) is 17.9. The monoisotopic (exact) mass is 662 g/mol. The number of para-hydroxylation sites is 3. The van der Waals surface area contributed by atoms with Crippen molar-refractivity contribution >= 4 is 40.5 Å². The highest BCUT2D eigenvalue weighted by Gasteiger charge is 2.48. The Morgan fingerprint density at radius 1 is 0.647 bits per heavy atom. The molecular formula is C49H46N2. The summed E-state index contributed by atoms with van der Waals surface area (Å²) in [5.74, 6) is 0.669. The number of benzene rings is 5. The maximum absolute atomic E-state index is 3.84. The number of hydrogen-bond donors (Lipinski definition) is 0. The minimum atomic E-state index is -0.0351. The SMILES string of the molecule is C=C/C=C\C=C(/C)N(C1=CC=C2c3ccc(/C=C/c4ccc(N(c5ccccc5)c5ccccc5)cc4)cc3C(C)(C)C2C1C)c1ccccc1. The maximum Gasteiger partial charge on any atom is 0.0462 e. The summed E-state index contributed by atoms with van der Waals surface area (Å²) in [7, 11) is 0. The molecule has 0 bridgehead atoms. The van der Waals surface area contributed by atoms with Crippen molar-refractivity contribution in [1.82, 2.24) is 0 Å². The minimum Gasteiger partial charge on any atom is -0.318 e. The van der Waals surface area contributed by atoms with Gasteiger partial charge in [-0.05, 0) is 101 Å². The zero-order chi connectivity index (χ0) is 35.4. The Bertz CT molecular complexity index is 2110. The molecular weight excluding hydrogens is 617 g/mol. The summed E-state index contributed by atoms with van der Waals surface area (Å²) in [4.78, 5) is 4.71. The van der Waals surface area contributed by atoms with Gasteiger partial charge < -0.3 is 9.80 Å². The van der Waals surface area contributed by atoms with Gasteiger partial charge in [-0.3, -0.25) is 0 Å². The molecule has 0 aliphatic heterocycles. The number of rotatable bonds is 10. The Kier molecular flexibility index (Phi) is 9.59. The van der Waals surface area contributed by atoms with Gasteiger partial charge in [-0.15, -0.1) is 0 Å². The zero-order valence-corrected chi connectivity index (χ0v) is 30.1. The Morgan fingerprint density at radius 3 is 1.80 bits per heavy atom. The van der Waals surface area contributed by atoms with Gasteiger partial charge in [0, 0.05) is 46.0 Å². The standard InChI is InChI=1S/C49H46N2/c1-6-7-11-18-36(2)50(40-19-12-8-13-20-40)47-34-33-45-44-32-29-39(35-46(44)49(4,5)48(45)37(47)3)26-25-38-27-30-43(31-28-38)51(41-21-14-9-15-22-41)42-23-16-10-17-24-42/h6-35,37,48H,1H2,2-5H3/b11-7-,26-25+,36-18+. The van der Waals surface area contributed by atoms with E-state index in [-0.39, 0.29) is 5.41 Å². The number of allylic oxidation sites excluding steroid dienone is 9. The van der Waals surface area contributed by atoms with Gasteiger partial charge in [0.05, 0.1) is 0 Å². The Hall–Kier alpha value is -5.86. The number of fused-ring (bicyclic) bond motifs is 3. The van der Waals surface area contributed by atoms with Crippen molar-refractivity contribution in [1.29, 1.82) is 0 Å². The fraction of sp³-hybridized carbons (Fsp3) is 0.143. The van der Waals surface area contributed by atoms with E-state index in [9.17, 15) is 0 Å². The van der Waals surface area contributed by atoms with Crippen LogP contribution in [0.2, 0.25) is 0 Å². The van der Waals surface area contributed by atoms with Crippen LogP contribution in [0, 0.1) is 11.8 Å². The van der Waals surface area contributed by atoms with E-state index in [0.717, 1.165) is 17.1 Å². The predicted molar refractivity (Wildman–Crippen MR) is 220 cm³/mol. The average Bonchev–Trinajstić information content (AvgIpc) is 3.39. The molecule has 2 nitrogen and oxygen atoms in total. The summed E-state index contributed by atoms with van der Waals surface area (Å²) < 4.78 is 0. The molecule has 252 valence electrons. The van der Waals surface area contributed by atoms with Crippen LogP contribution in [0.15, 0.2) is 188 Å². The number of nitrogens with zero attached hydrogens (tertiary/aromatic N) is 2. The average molecular weight is 663 g/mol. The molecule has 51 heavy (non-hydrogen) atoms. The van der Waals surface area contributed by atoms with Crippen LogP contribution in [0.5, 0.6) is 0 Å². The van der Waals surface area contributed by atoms with Gasteiger partial charge in [0.15, 0.2) is 0 Å². The molecule has 0 fully saturated rings. The lowest BCUT2D eigenvalue weighted by Crippen LogP contribution is -2.36. The van der Waals surface area contributed by atoms with E-state index in [0.29, 0.717) is 11.8 Å². The molecule has 0 aromatic heterocycles. The van der Waals surface area contributed by atoms with Gasteiger partial charge in [-0.25, -0.2) is 0 Å². The van der Waals surface area contributed by atoms with Crippen LogP contribution in [0.3, 0.4) is 0 Å². The summed E-state index contributed by atoms with van der Waals surface area (Å²) >= 11 is 0. The van der Waals surface area contributed by atoms with Crippen LogP contribution in [0.1, 0.15) is 49.9 Å². The third kappa shape index (κ3) is 6.70. The van der Waals surface area contributed by atoms with Crippen LogP contribution in [-0.2, 0) is 5.41 Å². The van der Waals surface area contributed by atoms with Crippen molar-refractivity contribution in [2.75, 3.05) is 9.80 Å². The summed E-state index contributed by atoms with van der Waals surface area (Å²) in [6.45, 7) is 13.3. The smallest absolute Gasteiger partial charge is 0.0462 e. The van der Waals surface area contributed by atoms with Crippen LogP contribution in [0.4, 0.5) is 22.7 Å². The molecule has 5 aromatic carbocycles. The number of hydrogen-bond acceptors (Lipinski definition) is 2. The largest absolute Gasteiger partial charge is 0.318 e. The van der Waals surface area contributed by atoms with Gasteiger partial charge in [0.25, 0.3) is 0 Å². The van der Waals surface area contributed by atoms with Crippen LogP contribution in [-0.4, -0.2) is 0 Å². The van der Waals surface area contributed by atoms with E-state index < -0.39 is 0 Å². The first kappa shape index (κ1) is 33.6. The Balaban J connectivity index is 1.16. The lowest BCUT2D eigenvalue weighted by molar-refractivity contribution is 0.333. The second-order valence-corrected chi connectivity index (χ2v) is 14.0. The fourth-order valence-electron chi connectivity index (χ4n) is 8.05. The van der Waals surface area contributed by atoms with Crippen molar-refractivity contribution in [3.8, 4) is 0 Å². The van der Waals surface area contributed by atoms with Crippen molar-refractivity contribution in [2.45, 2.75) is 33.1 Å². The van der Waals surface area contributed by atoms with Crippen molar-refractivity contribution in [3.05, 3.63) is 210 Å². The molecule has 0 heterocycles. The molecule has 0 spiro atoms. The highest BCUT2D eigenvalue weighted by Crippen LogP contribution is 2.57. The Morgan fingerprint density at radius 2 is 1.20 bits per heavy atom. The van der Waals surface area contributed by atoms with Gasteiger partial charge in [0.1, 0.15) is 0 Å². The molecule has 5 aromatic rings. The molecule has 2 aliphatic rings. The highest BCUT2D eigenvalue weighted by molar-refractivity contribution is 5.83. The second-order valence-electron chi connectivity index (χ2n) is 14.0. The topological polar surface area (TPSA) is 6.48 Å². The summed E-state index contributed by atoms with van der Waals surface area (Å²) in [5, 5.41) is 0. The van der Waals surface area contributed by atoms with E-state index >= 15 is 0 Å². The maximum atomic E-state index is 3.84. The molecule has 0 N–H and O–H groups in total. The summed E-state index contributed by atoms with van der Waals surface area (Å²) in [6.07, 6.45) is 17.2. The quantitative estimate of drug-likeness (QED) is 0.108. The molecule has 7 rings (SSSR count). The lowest BCUT2D eigenvalue weighted by atomic mass is 9.68. The molecule has 0 saturated heterocycles. The van der Waals surface area contributed by atoms with Crippen molar-refractivity contribution in [3.63, 3.8) is 0 Å². The zero-order valence-electron chi connectivity index (χ0n) is 30.1. The van der Waals surface area contributed by atoms with Crippen LogP contribution >= 0.6 is 0 Å². The van der Waals surface area contributed by atoms with Gasteiger partial charge >= 0.3 is 0 Å². The molecule has 2 aliphatic carbocycles. The lowest BCUT2D eigenvalue weighted by Gasteiger charge is -2.41. The normalized spacial score (nSPS) is 17.8. The molecule has 0 saturated carbocycles. The Labute approximate surface area is 304 Å².